The average Bonchev–Trinajstić information content (AvgIpc) is 2.71. The molecule has 28 heavy (non-hydrogen) atoms. The number of hydrogen-bond donors (Lipinski definition) is 3. The van der Waals surface area contributed by atoms with Crippen LogP contribution in [0.5, 0.6) is 5.75 Å². The van der Waals surface area contributed by atoms with E-state index < -0.39 is 10.1 Å². The summed E-state index contributed by atoms with van der Waals surface area (Å²) in [6.45, 7) is 3.54. The zero-order chi connectivity index (χ0) is 20.3. The van der Waals surface area contributed by atoms with Gasteiger partial charge < -0.3 is 4.74 Å². The Morgan fingerprint density at radius 1 is 1.21 bits per heavy atom. The van der Waals surface area contributed by atoms with E-state index in [0.29, 0.717) is 11.3 Å². The van der Waals surface area contributed by atoms with E-state index >= 15 is 0 Å². The molecule has 0 bridgehead atoms. The van der Waals surface area contributed by atoms with Gasteiger partial charge in [-0.05, 0) is 29.7 Å². The number of hydrogen-bond acceptors (Lipinski definition) is 6. The minimum atomic E-state index is -1.15. The molecule has 7 nitrogen and oxygen atoms in total. The molecule has 0 heterocycles. The number of fused-ring (bicyclic) bond motifs is 1. The van der Waals surface area contributed by atoms with Crippen LogP contribution in [0.1, 0.15) is 10.4 Å². The van der Waals surface area contributed by atoms with Crippen LogP contribution < -0.4 is 19.3 Å². The highest BCUT2D eigenvalue weighted by Crippen LogP contribution is 2.32. The molecular weight excluding hydrogens is 376 g/mol. The number of ether oxygens (including phenoxy) is 1. The topological polar surface area (TPSA) is 74.2 Å². The number of thiol groups is 1. The summed E-state index contributed by atoms with van der Waals surface area (Å²) >= 11 is 4.17. The van der Waals surface area contributed by atoms with Crippen molar-refractivity contribution in [1.82, 2.24) is 9.59 Å². The van der Waals surface area contributed by atoms with E-state index in [-0.39, 0.29) is 5.69 Å². The van der Waals surface area contributed by atoms with E-state index in [4.69, 9.17) is 4.74 Å². The van der Waals surface area contributed by atoms with Crippen molar-refractivity contribution in [1.29, 1.82) is 0 Å². The zero-order valence-electron chi connectivity index (χ0n) is 15.5. The van der Waals surface area contributed by atoms with Crippen molar-refractivity contribution in [2.75, 3.05) is 19.2 Å². The maximum atomic E-state index is 12.7. The van der Waals surface area contributed by atoms with Gasteiger partial charge in [0.05, 0.1) is 12.8 Å². The third kappa shape index (κ3) is 3.79. The highest BCUT2D eigenvalue weighted by molar-refractivity contribution is 7.79. The first kappa shape index (κ1) is 19.7. The summed E-state index contributed by atoms with van der Waals surface area (Å²) in [6, 6.07) is 17.7. The van der Waals surface area contributed by atoms with Crippen molar-refractivity contribution in [2.24, 2.45) is 5.10 Å². The van der Waals surface area contributed by atoms with Crippen LogP contribution in [0, 0.1) is 0 Å². The van der Waals surface area contributed by atoms with Gasteiger partial charge in [-0.1, -0.05) is 30.3 Å². The second kappa shape index (κ2) is 7.89. The fourth-order valence-electron chi connectivity index (χ4n) is 2.92. The maximum absolute atomic E-state index is 12.7. The third-order valence-electron chi connectivity index (χ3n) is 4.36. The molecule has 0 aromatic heterocycles. The normalized spacial score (nSPS) is 12.9. The van der Waals surface area contributed by atoms with Crippen LogP contribution in [-0.2, 0) is 0 Å². The van der Waals surface area contributed by atoms with E-state index in [2.05, 4.69) is 30.1 Å². The van der Waals surface area contributed by atoms with Gasteiger partial charge in [0.2, 0.25) is 5.69 Å². The quantitative estimate of drug-likeness (QED) is 0.256. The number of amides is 1. The molecule has 144 valence electrons. The Morgan fingerprint density at radius 3 is 2.68 bits per heavy atom. The SMILES string of the molecule is C=NN(C)c1cccc2cc(C(=O)N[N+](O)(S)c3ccccc3OC)ccc12. The van der Waals surface area contributed by atoms with Crippen molar-refractivity contribution >= 4 is 47.6 Å². The number of hydrazone groups is 1. The van der Waals surface area contributed by atoms with Crippen molar-refractivity contribution in [3.63, 3.8) is 0 Å². The second-order valence-electron chi connectivity index (χ2n) is 6.09. The Labute approximate surface area is 168 Å². The Balaban J connectivity index is 1.92. The van der Waals surface area contributed by atoms with Crippen LogP contribution in [0.2, 0.25) is 0 Å². The van der Waals surface area contributed by atoms with Gasteiger partial charge in [-0.15, -0.1) is 5.43 Å². The first-order chi connectivity index (χ1) is 13.4. The Morgan fingerprint density at radius 2 is 1.96 bits per heavy atom. The molecular formula is C20H21N4O3S+. The smallest absolute Gasteiger partial charge is 0.300 e. The molecule has 0 aliphatic rings. The Kier molecular flexibility index (Phi) is 5.55. The number of rotatable bonds is 6. The predicted octanol–water partition coefficient (Wildman–Crippen LogP) is 3.79. The summed E-state index contributed by atoms with van der Waals surface area (Å²) in [7, 11) is 3.28. The lowest BCUT2D eigenvalue weighted by Gasteiger charge is -2.23. The fourth-order valence-corrected chi connectivity index (χ4v) is 3.18. The molecule has 0 saturated carbocycles. The van der Waals surface area contributed by atoms with Gasteiger partial charge >= 0.3 is 0 Å². The second-order valence-corrected chi connectivity index (χ2v) is 6.67. The van der Waals surface area contributed by atoms with Gasteiger partial charge in [-0.2, -0.15) is 10.3 Å². The summed E-state index contributed by atoms with van der Waals surface area (Å²) in [5, 5.41) is 18.0. The number of nitrogens with zero attached hydrogens (tertiary/aromatic N) is 3. The number of anilines is 1. The standard InChI is InChI=1S/C20H20N4O3S/c1-21-23(2)17-8-6-7-14-13-15(11-12-16(14)17)20(25)22-24(26,28)18-9-4-5-10-19(18)27-3/h4-13,26,28H,1H2,2-3H3/p+1. The lowest BCUT2D eigenvalue weighted by Crippen LogP contribution is -2.52. The van der Waals surface area contributed by atoms with Crippen LogP contribution in [-0.4, -0.2) is 32.0 Å². The van der Waals surface area contributed by atoms with Gasteiger partial charge in [0.1, 0.15) is 12.8 Å². The molecule has 0 radical (unpaired) electrons. The molecule has 0 fully saturated rings. The maximum Gasteiger partial charge on any atom is 0.300 e. The van der Waals surface area contributed by atoms with Crippen LogP contribution >= 0.6 is 12.8 Å². The van der Waals surface area contributed by atoms with Crippen LogP contribution in [0.15, 0.2) is 65.8 Å². The highest BCUT2D eigenvalue weighted by atomic mass is 32.1. The summed E-state index contributed by atoms with van der Waals surface area (Å²) in [5.74, 6) is -0.102. The van der Waals surface area contributed by atoms with Crippen molar-refractivity contribution in [3.05, 3.63) is 66.2 Å². The molecule has 1 unspecified atom stereocenters. The number of carbonyl (C=O) groups excluding carboxylic acids is 1. The van der Waals surface area contributed by atoms with Crippen LogP contribution in [0.4, 0.5) is 11.4 Å². The number of nitrogens with one attached hydrogen (secondary N) is 1. The monoisotopic (exact) mass is 397 g/mol. The molecule has 0 spiro atoms. The predicted molar refractivity (Wildman–Crippen MR) is 115 cm³/mol. The lowest BCUT2D eigenvalue weighted by atomic mass is 10.0. The number of benzene rings is 3. The van der Waals surface area contributed by atoms with Crippen molar-refractivity contribution < 1.29 is 14.7 Å². The molecule has 3 rings (SSSR count). The third-order valence-corrected chi connectivity index (χ3v) is 4.67. The molecule has 3 aromatic rings. The van der Waals surface area contributed by atoms with Crippen LogP contribution in [0.25, 0.3) is 10.8 Å². The van der Waals surface area contributed by atoms with Gasteiger partial charge in [-0.3, -0.25) is 9.80 Å². The van der Waals surface area contributed by atoms with Gasteiger partial charge in [0.25, 0.3) is 5.91 Å². The van der Waals surface area contributed by atoms with Crippen molar-refractivity contribution in [3.8, 4) is 5.75 Å². The van der Waals surface area contributed by atoms with E-state index in [9.17, 15) is 10.0 Å². The lowest BCUT2D eigenvalue weighted by molar-refractivity contribution is -0.0161. The van der Waals surface area contributed by atoms with Gasteiger partial charge in [0.15, 0.2) is 5.75 Å². The van der Waals surface area contributed by atoms with E-state index in [1.807, 2.05) is 24.3 Å². The van der Waals surface area contributed by atoms with E-state index in [1.165, 1.54) is 7.11 Å². The number of methoxy groups -OCH3 is 1. The molecule has 0 aliphatic heterocycles. The zero-order valence-corrected chi connectivity index (χ0v) is 16.4. The largest absolute Gasteiger partial charge is 0.491 e. The highest BCUT2D eigenvalue weighted by Gasteiger charge is 2.32. The molecule has 0 saturated heterocycles. The van der Waals surface area contributed by atoms with Crippen molar-refractivity contribution in [2.45, 2.75) is 0 Å². The minimum absolute atomic E-state index is 0.281. The van der Waals surface area contributed by atoms with E-state index in [1.54, 1.807) is 48.5 Å². The minimum Gasteiger partial charge on any atom is -0.491 e. The molecule has 2 N–H and O–H groups in total. The van der Waals surface area contributed by atoms with E-state index in [0.717, 1.165) is 16.5 Å². The molecule has 3 aromatic carbocycles. The van der Waals surface area contributed by atoms with Crippen LogP contribution in [0.3, 0.4) is 0 Å². The van der Waals surface area contributed by atoms with Gasteiger partial charge in [0, 0.05) is 34.9 Å². The average molecular weight is 397 g/mol. The Hall–Kier alpha value is -3.07. The summed E-state index contributed by atoms with van der Waals surface area (Å²) < 4.78 is 4.08. The number of quaternary nitrogens is 1. The summed E-state index contributed by atoms with van der Waals surface area (Å²) in [5.41, 5.74) is 4.00. The first-order valence-electron chi connectivity index (χ1n) is 8.41. The van der Waals surface area contributed by atoms with Gasteiger partial charge in [-0.25, -0.2) is 0 Å². The first-order valence-corrected chi connectivity index (χ1v) is 8.81. The molecule has 1 atom stereocenters. The Bertz CT molecular complexity index is 1040. The summed E-state index contributed by atoms with van der Waals surface area (Å²) in [6.07, 6.45) is 0. The molecule has 1 amide bonds. The molecule has 0 aliphatic carbocycles. The fraction of sp³-hybridized carbons (Fsp3) is 0.100. The number of para-hydroxylation sites is 2. The number of carbonyl (C=O) groups is 1. The summed E-state index contributed by atoms with van der Waals surface area (Å²) in [4.78, 5) is 12.7. The molecule has 8 heteroatoms.